The topological polar surface area (TPSA) is 49.4 Å². The lowest BCUT2D eigenvalue weighted by molar-refractivity contribution is -0.642. The number of nitrogens with zero attached hydrogens (tertiary/aromatic N) is 3. The van der Waals surface area contributed by atoms with E-state index in [2.05, 4.69) is 17.0 Å². The summed E-state index contributed by atoms with van der Waals surface area (Å²) in [4.78, 5) is 16.4. The Hall–Kier alpha value is -2.72. The van der Waals surface area contributed by atoms with Gasteiger partial charge in [-0.05, 0) is 36.4 Å². The molecular weight excluding hydrogens is 477 g/mol. The smallest absolute Gasteiger partial charge is 0.269 e. The first kappa shape index (κ1) is 22.1. The van der Waals surface area contributed by atoms with E-state index < -0.39 is 0 Å². The fourth-order valence-electron chi connectivity index (χ4n) is 3.75. The van der Waals surface area contributed by atoms with Crippen molar-refractivity contribution < 1.29 is 14.1 Å². The number of aliphatic hydroxyl groups is 1. The van der Waals surface area contributed by atoms with Gasteiger partial charge in [0.15, 0.2) is 0 Å². The normalized spacial score (nSPS) is 15.9. The van der Waals surface area contributed by atoms with Gasteiger partial charge in [-0.3, -0.25) is 9.36 Å². The summed E-state index contributed by atoms with van der Waals surface area (Å²) in [5.41, 5.74) is 1.82. The number of aryl methyl sites for hydroxylation is 1. The first-order chi connectivity index (χ1) is 16.0. The highest BCUT2D eigenvalue weighted by molar-refractivity contribution is 8.03. The highest BCUT2D eigenvalue weighted by atomic mass is 32.2. The standard InChI is InChI=1S/C24H21FN3O2S3/c1-26-16-5-3-4-6-18(16)31-21(26)10-9-20-24(30)28(11-12-29)23(33-20)14-22-27(2)17-13-15(25)7-8-19(17)32-22/h3-10,13-14,29H,11-12H2,1-2H3/q+1/b20-9-,21-10-. The average Bonchev–Trinajstić information content (AvgIpc) is 3.40. The van der Waals surface area contributed by atoms with E-state index in [9.17, 15) is 14.3 Å². The minimum Gasteiger partial charge on any atom is -0.395 e. The molecule has 0 saturated heterocycles. The number of hydrogen-bond acceptors (Lipinski definition) is 6. The number of benzene rings is 2. The van der Waals surface area contributed by atoms with E-state index in [1.807, 2.05) is 49.0 Å². The van der Waals surface area contributed by atoms with Crippen molar-refractivity contribution in [1.82, 2.24) is 4.57 Å². The van der Waals surface area contributed by atoms with Crippen LogP contribution in [0.25, 0.3) is 22.4 Å². The summed E-state index contributed by atoms with van der Waals surface area (Å²) in [6.07, 6.45) is 5.75. The molecule has 0 fully saturated rings. The molecule has 0 radical (unpaired) electrons. The van der Waals surface area contributed by atoms with Crippen LogP contribution < -0.4 is 24.2 Å². The molecule has 4 aromatic rings. The lowest BCUT2D eigenvalue weighted by Gasteiger charge is -2.12. The predicted molar refractivity (Wildman–Crippen MR) is 135 cm³/mol. The number of hydrogen-bond donors (Lipinski definition) is 1. The van der Waals surface area contributed by atoms with E-state index in [0.29, 0.717) is 4.53 Å². The van der Waals surface area contributed by atoms with E-state index in [4.69, 9.17) is 0 Å². The van der Waals surface area contributed by atoms with Crippen LogP contribution in [-0.2, 0) is 13.6 Å². The van der Waals surface area contributed by atoms with Gasteiger partial charge in [-0.2, -0.15) is 4.57 Å². The highest BCUT2D eigenvalue weighted by Crippen LogP contribution is 2.44. The van der Waals surface area contributed by atoms with Gasteiger partial charge in [0.2, 0.25) is 5.52 Å². The van der Waals surface area contributed by atoms with Crippen LogP contribution in [0.15, 0.2) is 63.3 Å². The first-order valence-corrected chi connectivity index (χ1v) is 12.7. The van der Waals surface area contributed by atoms with Crippen molar-refractivity contribution in [1.29, 1.82) is 0 Å². The fourth-order valence-corrected chi connectivity index (χ4v) is 6.96. The quantitative estimate of drug-likeness (QED) is 0.440. The average molecular weight is 499 g/mol. The Morgan fingerprint density at radius 1 is 1.15 bits per heavy atom. The lowest BCUT2D eigenvalue weighted by atomic mass is 10.3. The molecule has 5 nitrogen and oxygen atoms in total. The van der Waals surface area contributed by atoms with Gasteiger partial charge < -0.3 is 10.0 Å². The molecule has 9 heteroatoms. The van der Waals surface area contributed by atoms with E-state index in [0.717, 1.165) is 30.6 Å². The predicted octanol–water partition coefficient (Wildman–Crippen LogP) is 2.77. The molecule has 0 aliphatic carbocycles. The second-order valence-electron chi connectivity index (χ2n) is 7.54. The van der Waals surface area contributed by atoms with Crippen molar-refractivity contribution in [2.45, 2.75) is 11.4 Å². The largest absolute Gasteiger partial charge is 0.395 e. The lowest BCUT2D eigenvalue weighted by Crippen LogP contribution is -2.34. The van der Waals surface area contributed by atoms with Crippen molar-refractivity contribution in [3.05, 3.63) is 83.9 Å². The molecular formula is C24H21FN3O2S3+. The van der Waals surface area contributed by atoms with Crippen LogP contribution in [0, 0.1) is 5.82 Å². The second-order valence-corrected chi connectivity index (χ2v) is 10.7. The third kappa shape index (κ3) is 4.06. The summed E-state index contributed by atoms with van der Waals surface area (Å²) < 4.78 is 19.5. The number of anilines is 1. The number of aliphatic hydroxyl groups excluding tert-OH is 1. The van der Waals surface area contributed by atoms with Crippen molar-refractivity contribution in [2.24, 2.45) is 7.05 Å². The molecule has 2 aromatic carbocycles. The molecule has 0 bridgehead atoms. The molecule has 168 valence electrons. The number of allylic oxidation sites excluding steroid dienone is 1. The number of thiazole rings is 2. The summed E-state index contributed by atoms with van der Waals surface area (Å²) >= 11 is 4.59. The fraction of sp³-hybridized carbons (Fsp3) is 0.167. The van der Waals surface area contributed by atoms with Crippen molar-refractivity contribution >= 4 is 62.5 Å². The number of para-hydroxylation sites is 1. The minimum atomic E-state index is -0.280. The zero-order valence-corrected chi connectivity index (χ0v) is 20.4. The highest BCUT2D eigenvalue weighted by Gasteiger charge is 2.20. The van der Waals surface area contributed by atoms with Gasteiger partial charge in [0.25, 0.3) is 10.6 Å². The molecule has 3 heterocycles. The zero-order chi connectivity index (χ0) is 23.1. The molecule has 0 saturated carbocycles. The molecule has 0 amide bonds. The van der Waals surface area contributed by atoms with Crippen LogP contribution >= 0.6 is 34.4 Å². The number of rotatable bonds is 4. The van der Waals surface area contributed by atoms with Gasteiger partial charge >= 0.3 is 0 Å². The van der Waals surface area contributed by atoms with Crippen LogP contribution in [0.3, 0.4) is 0 Å². The second kappa shape index (κ2) is 8.90. The Bertz CT molecular complexity index is 1580. The van der Waals surface area contributed by atoms with Gasteiger partial charge in [0, 0.05) is 18.0 Å². The molecule has 0 unspecified atom stereocenters. The van der Waals surface area contributed by atoms with Gasteiger partial charge in [-0.25, -0.2) is 4.39 Å². The first-order valence-electron chi connectivity index (χ1n) is 10.3. The molecule has 0 spiro atoms. The minimum absolute atomic E-state index is 0.129. The van der Waals surface area contributed by atoms with Crippen molar-refractivity contribution in [3.8, 4) is 0 Å². The number of halogens is 1. The molecule has 0 atom stereocenters. The van der Waals surface area contributed by atoms with Crippen LogP contribution in [0.1, 0.15) is 5.01 Å². The van der Waals surface area contributed by atoms with E-state index in [1.54, 1.807) is 22.4 Å². The Kier molecular flexibility index (Phi) is 5.96. The Morgan fingerprint density at radius 2 is 1.97 bits per heavy atom. The molecule has 33 heavy (non-hydrogen) atoms. The van der Waals surface area contributed by atoms with Gasteiger partial charge in [-0.15, -0.1) is 11.3 Å². The maximum atomic E-state index is 13.7. The van der Waals surface area contributed by atoms with E-state index in [1.165, 1.54) is 39.7 Å². The van der Waals surface area contributed by atoms with Gasteiger partial charge in [0.1, 0.15) is 22.2 Å². The van der Waals surface area contributed by atoms with Crippen molar-refractivity contribution in [3.63, 3.8) is 0 Å². The third-order valence-electron chi connectivity index (χ3n) is 5.48. The maximum Gasteiger partial charge on any atom is 0.269 e. The van der Waals surface area contributed by atoms with Gasteiger partial charge in [0.05, 0.1) is 34.5 Å². The number of fused-ring (bicyclic) bond motifs is 2. The summed E-state index contributed by atoms with van der Waals surface area (Å²) in [6, 6.07) is 12.9. The molecule has 5 rings (SSSR count). The monoisotopic (exact) mass is 498 g/mol. The Morgan fingerprint density at radius 3 is 2.76 bits per heavy atom. The summed E-state index contributed by atoms with van der Waals surface area (Å²) in [6.45, 7) is 0.0879. The maximum absolute atomic E-state index is 13.7. The molecule has 1 aliphatic rings. The molecule has 1 aliphatic heterocycles. The Labute approximate surface area is 201 Å². The number of thioether (sulfide) groups is 1. The van der Waals surface area contributed by atoms with Crippen LogP contribution in [0.4, 0.5) is 10.1 Å². The summed E-state index contributed by atoms with van der Waals surface area (Å²) in [7, 11) is 3.90. The van der Waals surface area contributed by atoms with E-state index in [-0.39, 0.29) is 24.5 Å². The van der Waals surface area contributed by atoms with Crippen LogP contribution in [0.2, 0.25) is 0 Å². The van der Waals surface area contributed by atoms with Gasteiger partial charge in [-0.1, -0.05) is 35.2 Å². The van der Waals surface area contributed by atoms with E-state index >= 15 is 0 Å². The summed E-state index contributed by atoms with van der Waals surface area (Å²) in [5.74, 6) is -0.280. The number of aromatic nitrogens is 2. The summed E-state index contributed by atoms with van der Waals surface area (Å²) in [5, 5.41) is 11.5. The SMILES string of the molecule is CN1/C(=C/C=c2\s/c(=C\c3sc4ccc(F)cc4[n+]3C)n(CCO)c2=O)Sc2ccccc21. The van der Waals surface area contributed by atoms with Crippen molar-refractivity contribution in [2.75, 3.05) is 18.6 Å². The van der Waals surface area contributed by atoms with Crippen LogP contribution in [0.5, 0.6) is 0 Å². The third-order valence-corrected chi connectivity index (χ3v) is 8.91. The Balaban J connectivity index is 1.60. The zero-order valence-electron chi connectivity index (χ0n) is 18.0. The van der Waals surface area contributed by atoms with Crippen LogP contribution in [-0.4, -0.2) is 23.3 Å². The molecule has 1 N–H and O–H groups in total. The molecule has 2 aromatic heterocycles.